The summed E-state index contributed by atoms with van der Waals surface area (Å²) in [5.41, 5.74) is 2.00. The number of carboxylic acid groups (broad SMARTS) is 2. The predicted octanol–water partition coefficient (Wildman–Crippen LogP) is 4.77. The van der Waals surface area contributed by atoms with Gasteiger partial charge in [0, 0.05) is 17.4 Å². The van der Waals surface area contributed by atoms with Crippen LogP contribution in [0.5, 0.6) is 11.5 Å². The number of aromatic carboxylic acids is 1. The van der Waals surface area contributed by atoms with Crippen molar-refractivity contribution < 1.29 is 34.1 Å². The fraction of sp³-hybridized carbons (Fsp3) is 0.296. The van der Waals surface area contributed by atoms with Crippen LogP contribution >= 0.6 is 27.3 Å². The molecular formula is C27H28BrN3O7S. The number of thiophene rings is 1. The molecule has 1 saturated heterocycles. The Morgan fingerprint density at radius 2 is 1.82 bits per heavy atom. The van der Waals surface area contributed by atoms with Crippen LogP contribution in [0.15, 0.2) is 53.0 Å². The van der Waals surface area contributed by atoms with Crippen LogP contribution in [-0.2, 0) is 9.59 Å². The fourth-order valence-electron chi connectivity index (χ4n) is 4.41. The molecule has 0 spiro atoms. The van der Waals surface area contributed by atoms with E-state index in [0.717, 1.165) is 37.3 Å². The highest BCUT2D eigenvalue weighted by molar-refractivity contribution is 9.10. The van der Waals surface area contributed by atoms with Gasteiger partial charge in [-0.3, -0.25) is 4.79 Å². The van der Waals surface area contributed by atoms with Crippen molar-refractivity contribution in [2.45, 2.75) is 18.9 Å². The first-order valence-corrected chi connectivity index (χ1v) is 13.8. The largest absolute Gasteiger partial charge is 0.497 e. The van der Waals surface area contributed by atoms with Gasteiger partial charge in [0.2, 0.25) is 5.91 Å². The van der Waals surface area contributed by atoms with Crippen LogP contribution in [-0.4, -0.2) is 60.9 Å². The third-order valence-corrected chi connectivity index (χ3v) is 8.49. The topological polar surface area (TPSA) is 146 Å². The van der Waals surface area contributed by atoms with Gasteiger partial charge in [-0.15, -0.1) is 11.3 Å². The molecule has 0 aliphatic carbocycles. The summed E-state index contributed by atoms with van der Waals surface area (Å²) in [6.45, 7) is 0.958. The number of piperidine rings is 1. The van der Waals surface area contributed by atoms with Gasteiger partial charge < -0.3 is 35.6 Å². The van der Waals surface area contributed by atoms with Crippen molar-refractivity contribution in [2.24, 2.45) is 5.92 Å². The summed E-state index contributed by atoms with van der Waals surface area (Å²) in [6, 6.07) is 13.9. The van der Waals surface area contributed by atoms with Crippen molar-refractivity contribution in [1.29, 1.82) is 0 Å². The summed E-state index contributed by atoms with van der Waals surface area (Å²) in [5, 5.41) is 28.4. The molecule has 0 bridgehead atoms. The Bertz CT molecular complexity index is 1360. The zero-order valence-electron chi connectivity index (χ0n) is 21.0. The van der Waals surface area contributed by atoms with Crippen LogP contribution in [0.2, 0.25) is 0 Å². The van der Waals surface area contributed by atoms with Crippen molar-refractivity contribution >= 4 is 56.5 Å². The molecule has 10 nitrogen and oxygen atoms in total. The predicted molar refractivity (Wildman–Crippen MR) is 152 cm³/mol. The molecule has 206 valence electrons. The lowest BCUT2D eigenvalue weighted by molar-refractivity contribution is -0.139. The number of hydrogen-bond donors (Lipinski definition) is 5. The highest BCUT2D eigenvalue weighted by Gasteiger charge is 2.30. The van der Waals surface area contributed by atoms with Gasteiger partial charge in [0.15, 0.2) is 17.2 Å². The van der Waals surface area contributed by atoms with Crippen LogP contribution < -0.4 is 25.4 Å². The highest BCUT2D eigenvalue weighted by Crippen LogP contribution is 2.46. The number of ether oxygens (including phenoxy) is 2. The lowest BCUT2D eigenvalue weighted by Crippen LogP contribution is -2.45. The molecule has 1 atom stereocenters. The summed E-state index contributed by atoms with van der Waals surface area (Å²) in [4.78, 5) is 36.8. The molecule has 1 aliphatic heterocycles. The fourth-order valence-corrected chi connectivity index (χ4v) is 6.30. The Morgan fingerprint density at radius 3 is 2.51 bits per heavy atom. The number of hydrogen-bond acceptors (Lipinski definition) is 8. The van der Waals surface area contributed by atoms with E-state index in [2.05, 4.69) is 31.9 Å². The molecule has 2 aromatic carbocycles. The van der Waals surface area contributed by atoms with Crippen LogP contribution in [0, 0.1) is 5.92 Å². The summed E-state index contributed by atoms with van der Waals surface area (Å²) in [7, 11) is 1.57. The van der Waals surface area contributed by atoms with Gasteiger partial charge in [-0.05, 0) is 77.6 Å². The molecule has 4 rings (SSSR count). The summed E-state index contributed by atoms with van der Waals surface area (Å²) in [5.74, 6) is -1.91. The van der Waals surface area contributed by atoms with Gasteiger partial charge in [0.1, 0.15) is 11.8 Å². The van der Waals surface area contributed by atoms with Gasteiger partial charge >= 0.3 is 11.9 Å². The van der Waals surface area contributed by atoms with E-state index in [1.165, 1.54) is 0 Å². The van der Waals surface area contributed by atoms with E-state index in [1.54, 1.807) is 25.3 Å². The Kier molecular flexibility index (Phi) is 9.44. The number of methoxy groups -OCH3 is 1. The van der Waals surface area contributed by atoms with Crippen molar-refractivity contribution in [2.75, 3.05) is 37.4 Å². The summed E-state index contributed by atoms with van der Waals surface area (Å²) < 4.78 is 10.9. The van der Waals surface area contributed by atoms with E-state index in [0.29, 0.717) is 32.0 Å². The van der Waals surface area contributed by atoms with E-state index >= 15 is 0 Å². The zero-order chi connectivity index (χ0) is 27.9. The molecule has 5 N–H and O–H groups in total. The minimum absolute atomic E-state index is 0.0338. The number of aliphatic carboxylic acids is 1. The first-order chi connectivity index (χ1) is 18.8. The smallest absolute Gasteiger partial charge is 0.349 e. The number of anilines is 2. The molecular weight excluding hydrogens is 590 g/mol. The van der Waals surface area contributed by atoms with Gasteiger partial charge in [-0.2, -0.15) is 0 Å². The van der Waals surface area contributed by atoms with Crippen molar-refractivity contribution in [1.82, 2.24) is 5.32 Å². The molecule has 1 unspecified atom stereocenters. The third-order valence-electron chi connectivity index (χ3n) is 6.27. The van der Waals surface area contributed by atoms with Crippen LogP contribution in [0.4, 0.5) is 11.4 Å². The minimum Gasteiger partial charge on any atom is -0.497 e. The normalized spacial score (nSPS) is 14.3. The van der Waals surface area contributed by atoms with Crippen molar-refractivity contribution in [3.63, 3.8) is 0 Å². The van der Waals surface area contributed by atoms with Gasteiger partial charge in [0.05, 0.1) is 16.5 Å². The first-order valence-electron chi connectivity index (χ1n) is 12.2. The Labute approximate surface area is 237 Å². The number of carbonyl (C=O) groups excluding carboxylic acids is 1. The summed E-state index contributed by atoms with van der Waals surface area (Å²) >= 11 is 4.37. The molecule has 0 saturated carbocycles. The molecule has 1 aliphatic rings. The quantitative estimate of drug-likeness (QED) is 0.205. The monoisotopic (exact) mass is 617 g/mol. The molecule has 1 amide bonds. The molecule has 0 radical (unpaired) electrons. The van der Waals surface area contributed by atoms with Gasteiger partial charge in [-0.25, -0.2) is 9.59 Å². The van der Waals surface area contributed by atoms with E-state index in [9.17, 15) is 19.5 Å². The average Bonchev–Trinajstić information content (AvgIpc) is 3.27. The zero-order valence-corrected chi connectivity index (χ0v) is 23.4. The van der Waals surface area contributed by atoms with E-state index < -0.39 is 24.6 Å². The lowest BCUT2D eigenvalue weighted by Gasteiger charge is -2.31. The van der Waals surface area contributed by atoms with Crippen LogP contribution in [0.3, 0.4) is 0 Å². The number of halogens is 1. The molecule has 39 heavy (non-hydrogen) atoms. The van der Waals surface area contributed by atoms with Crippen LogP contribution in [0.1, 0.15) is 22.5 Å². The second kappa shape index (κ2) is 13.0. The maximum Gasteiger partial charge on any atom is 0.349 e. The van der Waals surface area contributed by atoms with Gasteiger partial charge in [-0.1, -0.05) is 18.2 Å². The molecule has 2 heterocycles. The van der Waals surface area contributed by atoms with Crippen molar-refractivity contribution in [3.05, 3.63) is 57.9 Å². The maximum atomic E-state index is 13.5. The Morgan fingerprint density at radius 1 is 1.10 bits per heavy atom. The van der Waals surface area contributed by atoms with Gasteiger partial charge in [0.25, 0.3) is 0 Å². The van der Waals surface area contributed by atoms with E-state index in [1.807, 2.05) is 30.3 Å². The second-order valence-electron chi connectivity index (χ2n) is 8.90. The summed E-state index contributed by atoms with van der Waals surface area (Å²) in [6.07, 6.45) is 1.65. The SMILES string of the molecule is COc1cccc(NC(=O)C(Nc2cccc(-c3sc(C(=O)O)c(OCC(=O)O)c3Br)c2)C2CCNCC2)c1. The number of carbonyl (C=O) groups is 3. The average molecular weight is 619 g/mol. The van der Waals surface area contributed by atoms with E-state index in [4.69, 9.17) is 14.6 Å². The standard InChI is InChI=1S/C27H28BrN3O7S/c1-37-19-7-3-6-18(13-19)31-26(34)22(15-8-10-29-11-9-15)30-17-5-2-4-16(12-17)24-21(28)23(38-14-20(32)33)25(39-24)27(35)36/h2-7,12-13,15,22,29-30H,8-11,14H2,1H3,(H,31,34)(H,32,33)(H,35,36). The number of benzene rings is 2. The number of nitrogens with one attached hydrogen (secondary N) is 3. The molecule has 1 fully saturated rings. The number of carboxylic acids is 2. The van der Waals surface area contributed by atoms with E-state index in [-0.39, 0.29) is 22.5 Å². The lowest BCUT2D eigenvalue weighted by atomic mass is 9.89. The first kappa shape index (κ1) is 28.4. The van der Waals surface area contributed by atoms with Crippen molar-refractivity contribution in [3.8, 4) is 21.9 Å². The minimum atomic E-state index is -1.22. The Hall–Kier alpha value is -3.61. The molecule has 1 aromatic heterocycles. The molecule has 12 heteroatoms. The number of rotatable bonds is 11. The second-order valence-corrected chi connectivity index (χ2v) is 10.7. The molecule has 3 aromatic rings. The van der Waals surface area contributed by atoms with Crippen LogP contribution in [0.25, 0.3) is 10.4 Å². The number of amides is 1. The highest BCUT2D eigenvalue weighted by atomic mass is 79.9. The Balaban J connectivity index is 1.61. The maximum absolute atomic E-state index is 13.5. The third kappa shape index (κ3) is 7.08.